The fourth-order valence-electron chi connectivity index (χ4n) is 1.21. The Hall–Kier alpha value is -2.09. The van der Waals surface area contributed by atoms with E-state index in [1.165, 1.54) is 17.2 Å². The van der Waals surface area contributed by atoms with Crippen LogP contribution in [0.4, 0.5) is 5.69 Å². The number of carbonyl (C=O) groups is 1. The molecule has 84 valence electrons. The van der Waals surface area contributed by atoms with Gasteiger partial charge in [-0.15, -0.1) is 0 Å². The van der Waals surface area contributed by atoms with Gasteiger partial charge < -0.3 is 10.6 Å². The predicted molar refractivity (Wildman–Crippen MR) is 60.4 cm³/mol. The van der Waals surface area contributed by atoms with Crippen LogP contribution in [0, 0.1) is 11.3 Å². The smallest absolute Gasteiger partial charge is 0.272 e. The van der Waals surface area contributed by atoms with Crippen LogP contribution >= 0.6 is 0 Å². The molecule has 0 radical (unpaired) electrons. The van der Waals surface area contributed by atoms with Gasteiger partial charge in [0.05, 0.1) is 12.5 Å². The van der Waals surface area contributed by atoms with E-state index in [4.69, 9.17) is 11.0 Å². The van der Waals surface area contributed by atoms with E-state index in [0.717, 1.165) is 0 Å². The van der Waals surface area contributed by atoms with Crippen molar-refractivity contribution in [2.75, 3.05) is 12.8 Å². The van der Waals surface area contributed by atoms with E-state index in [0.29, 0.717) is 17.8 Å². The fourth-order valence-corrected chi connectivity index (χ4v) is 1.21. The molecule has 0 saturated heterocycles. The Kier molecular flexibility index (Phi) is 3.84. The molecule has 0 spiro atoms. The van der Waals surface area contributed by atoms with E-state index in [2.05, 4.69) is 4.98 Å². The second-order valence-corrected chi connectivity index (χ2v) is 3.60. The van der Waals surface area contributed by atoms with Crippen molar-refractivity contribution in [2.45, 2.75) is 19.4 Å². The lowest BCUT2D eigenvalue weighted by Gasteiger charge is -2.22. The minimum absolute atomic E-state index is 0.138. The molecule has 5 heteroatoms. The number of amides is 1. The molecule has 0 aliphatic heterocycles. The van der Waals surface area contributed by atoms with Crippen molar-refractivity contribution >= 4 is 11.6 Å². The first-order chi connectivity index (χ1) is 7.56. The summed E-state index contributed by atoms with van der Waals surface area (Å²) >= 11 is 0. The molecule has 1 aromatic heterocycles. The monoisotopic (exact) mass is 218 g/mol. The van der Waals surface area contributed by atoms with Crippen molar-refractivity contribution in [3.63, 3.8) is 0 Å². The number of nitrogens with two attached hydrogens (primary N) is 1. The maximum absolute atomic E-state index is 11.9. The van der Waals surface area contributed by atoms with Crippen molar-refractivity contribution in [1.29, 1.82) is 5.26 Å². The summed E-state index contributed by atoms with van der Waals surface area (Å²) in [5, 5.41) is 8.56. The van der Waals surface area contributed by atoms with E-state index >= 15 is 0 Å². The van der Waals surface area contributed by atoms with E-state index in [-0.39, 0.29) is 11.9 Å². The van der Waals surface area contributed by atoms with Gasteiger partial charge in [0, 0.05) is 25.0 Å². The number of hydrogen-bond donors (Lipinski definition) is 1. The van der Waals surface area contributed by atoms with Gasteiger partial charge in [-0.25, -0.2) is 0 Å². The number of aromatic nitrogens is 1. The molecule has 0 aliphatic rings. The molecular formula is C11H14N4O. The fraction of sp³-hybridized carbons (Fsp3) is 0.364. The zero-order valence-electron chi connectivity index (χ0n) is 9.34. The quantitative estimate of drug-likeness (QED) is 0.821. The first kappa shape index (κ1) is 12.0. The highest BCUT2D eigenvalue weighted by molar-refractivity contribution is 5.93. The van der Waals surface area contributed by atoms with E-state index < -0.39 is 0 Å². The average Bonchev–Trinajstić information content (AvgIpc) is 2.27. The van der Waals surface area contributed by atoms with Crippen molar-refractivity contribution < 1.29 is 4.79 Å². The molecule has 0 aliphatic carbocycles. The van der Waals surface area contributed by atoms with Gasteiger partial charge in [0.1, 0.15) is 5.69 Å². The van der Waals surface area contributed by atoms with Crippen LogP contribution in [0.15, 0.2) is 18.3 Å². The number of anilines is 1. The number of pyridine rings is 1. The summed E-state index contributed by atoms with van der Waals surface area (Å²) in [5.74, 6) is -0.227. The Balaban J connectivity index is 2.82. The van der Waals surface area contributed by atoms with Crippen molar-refractivity contribution in [3.8, 4) is 6.07 Å². The molecule has 1 amide bonds. The van der Waals surface area contributed by atoms with Crippen LogP contribution in [0.25, 0.3) is 0 Å². The summed E-state index contributed by atoms with van der Waals surface area (Å²) in [6.45, 7) is 1.81. The summed E-state index contributed by atoms with van der Waals surface area (Å²) in [5.41, 5.74) is 6.37. The van der Waals surface area contributed by atoms with Crippen LogP contribution in [0.5, 0.6) is 0 Å². The summed E-state index contributed by atoms with van der Waals surface area (Å²) in [7, 11) is 1.65. The largest absolute Gasteiger partial charge is 0.399 e. The maximum Gasteiger partial charge on any atom is 0.272 e. The molecule has 0 fully saturated rings. The van der Waals surface area contributed by atoms with Gasteiger partial charge in [0.25, 0.3) is 5.91 Å². The molecule has 5 nitrogen and oxygen atoms in total. The molecule has 1 heterocycles. The van der Waals surface area contributed by atoms with Crippen LogP contribution in [-0.4, -0.2) is 28.9 Å². The second-order valence-electron chi connectivity index (χ2n) is 3.60. The Morgan fingerprint density at radius 3 is 3.00 bits per heavy atom. The highest BCUT2D eigenvalue weighted by atomic mass is 16.2. The van der Waals surface area contributed by atoms with E-state index in [1.54, 1.807) is 13.1 Å². The number of nitriles is 1. The predicted octanol–water partition coefficient (Wildman–Crippen LogP) is 1.04. The summed E-state index contributed by atoms with van der Waals surface area (Å²) < 4.78 is 0. The van der Waals surface area contributed by atoms with Crippen LogP contribution in [0.1, 0.15) is 23.8 Å². The Bertz CT molecular complexity index is 424. The molecule has 0 saturated carbocycles. The molecular weight excluding hydrogens is 204 g/mol. The Morgan fingerprint density at radius 2 is 2.44 bits per heavy atom. The molecule has 0 aromatic carbocycles. The van der Waals surface area contributed by atoms with Crippen molar-refractivity contribution in [2.24, 2.45) is 0 Å². The van der Waals surface area contributed by atoms with Crippen LogP contribution < -0.4 is 5.73 Å². The summed E-state index contributed by atoms with van der Waals surface area (Å²) in [4.78, 5) is 17.4. The lowest BCUT2D eigenvalue weighted by atomic mass is 10.2. The van der Waals surface area contributed by atoms with Gasteiger partial charge in [0.2, 0.25) is 0 Å². The first-order valence-electron chi connectivity index (χ1n) is 4.92. The number of carbonyl (C=O) groups excluding carboxylic acids is 1. The lowest BCUT2D eigenvalue weighted by Crippen LogP contribution is -2.35. The first-order valence-corrected chi connectivity index (χ1v) is 4.92. The zero-order chi connectivity index (χ0) is 12.1. The summed E-state index contributed by atoms with van der Waals surface area (Å²) in [6.07, 6.45) is 1.79. The standard InChI is InChI=1S/C11H14N4O/c1-8(3-5-12)15(2)11(16)10-7-9(13)4-6-14-10/h4,6-8H,3H2,1-2H3,(H2,13,14). The minimum atomic E-state index is -0.227. The molecule has 1 unspecified atom stereocenters. The van der Waals surface area contributed by atoms with Gasteiger partial charge in [0.15, 0.2) is 0 Å². The van der Waals surface area contributed by atoms with Crippen LogP contribution in [0.3, 0.4) is 0 Å². The molecule has 16 heavy (non-hydrogen) atoms. The Morgan fingerprint density at radius 1 is 1.75 bits per heavy atom. The maximum atomic E-state index is 11.9. The SMILES string of the molecule is CC(CC#N)N(C)C(=O)c1cc(N)ccn1. The molecule has 2 N–H and O–H groups in total. The van der Waals surface area contributed by atoms with Crippen LogP contribution in [-0.2, 0) is 0 Å². The van der Waals surface area contributed by atoms with Gasteiger partial charge in [-0.1, -0.05) is 0 Å². The molecule has 1 aromatic rings. The molecule has 0 bridgehead atoms. The number of nitrogens with zero attached hydrogens (tertiary/aromatic N) is 3. The minimum Gasteiger partial charge on any atom is -0.399 e. The van der Waals surface area contributed by atoms with Crippen molar-refractivity contribution in [1.82, 2.24) is 9.88 Å². The third-order valence-corrected chi connectivity index (χ3v) is 2.37. The third kappa shape index (κ3) is 2.70. The molecule has 1 rings (SSSR count). The third-order valence-electron chi connectivity index (χ3n) is 2.37. The van der Waals surface area contributed by atoms with Gasteiger partial charge >= 0.3 is 0 Å². The highest BCUT2D eigenvalue weighted by Crippen LogP contribution is 2.09. The van der Waals surface area contributed by atoms with E-state index in [1.807, 2.05) is 13.0 Å². The van der Waals surface area contributed by atoms with Gasteiger partial charge in [-0.05, 0) is 19.1 Å². The highest BCUT2D eigenvalue weighted by Gasteiger charge is 2.18. The number of hydrogen-bond acceptors (Lipinski definition) is 4. The number of rotatable bonds is 3. The summed E-state index contributed by atoms with van der Waals surface area (Å²) in [6, 6.07) is 5.04. The lowest BCUT2D eigenvalue weighted by molar-refractivity contribution is 0.0740. The van der Waals surface area contributed by atoms with Crippen LogP contribution in [0.2, 0.25) is 0 Å². The normalized spacial score (nSPS) is 11.6. The molecule has 1 atom stereocenters. The topological polar surface area (TPSA) is 83.0 Å². The van der Waals surface area contributed by atoms with E-state index in [9.17, 15) is 4.79 Å². The van der Waals surface area contributed by atoms with Gasteiger partial charge in [-0.2, -0.15) is 5.26 Å². The Labute approximate surface area is 94.5 Å². The van der Waals surface area contributed by atoms with Gasteiger partial charge in [-0.3, -0.25) is 9.78 Å². The average molecular weight is 218 g/mol. The second kappa shape index (κ2) is 5.12. The number of nitrogen functional groups attached to an aromatic ring is 1. The zero-order valence-corrected chi connectivity index (χ0v) is 9.34. The van der Waals surface area contributed by atoms with Crippen molar-refractivity contribution in [3.05, 3.63) is 24.0 Å².